The summed E-state index contributed by atoms with van der Waals surface area (Å²) in [6.45, 7) is 10.7. The normalized spacial score (nSPS) is 15.8. The number of nitrogens with one attached hydrogen (secondary N) is 1. The molecule has 24 nitrogen and oxygen atoms in total. The Morgan fingerprint density at radius 2 is 1.29 bits per heavy atom. The van der Waals surface area contributed by atoms with Crippen LogP contribution in [0, 0.1) is 11.3 Å². The number of carbonyl (C=O) groups excluding carboxylic acids is 2. The van der Waals surface area contributed by atoms with Gasteiger partial charge in [-0.05, 0) is 111 Å². The Kier molecular flexibility index (Phi) is 23.9. The van der Waals surface area contributed by atoms with Gasteiger partial charge in [0.2, 0.25) is 0 Å². The van der Waals surface area contributed by atoms with Crippen molar-refractivity contribution in [3.05, 3.63) is 55.1 Å². The summed E-state index contributed by atoms with van der Waals surface area (Å²) in [5.41, 5.74) is 17.4. The molecule has 0 spiro atoms. The third-order valence-corrected chi connectivity index (χ3v) is 13.1. The van der Waals surface area contributed by atoms with Gasteiger partial charge in [0.15, 0.2) is 22.9 Å². The molecule has 0 bridgehead atoms. The second-order valence-electron chi connectivity index (χ2n) is 18.0. The number of hydrogen-bond acceptors (Lipinski definition) is 19. The third kappa shape index (κ3) is 19.2. The first-order valence-electron chi connectivity index (χ1n) is 22.7. The predicted octanol–water partition coefficient (Wildman–Crippen LogP) is 5.50. The summed E-state index contributed by atoms with van der Waals surface area (Å²) in [4.78, 5) is 66.1. The summed E-state index contributed by atoms with van der Waals surface area (Å²) in [7, 11) is -8.00. The molecular formula is C43H65ClFN13O11P2V. The molecular weight excluding hydrogens is 1040 g/mol. The Bertz CT molecular complexity index is 2680. The summed E-state index contributed by atoms with van der Waals surface area (Å²) in [5.74, 6) is -0.0317. The van der Waals surface area contributed by atoms with Crippen LogP contribution in [0.15, 0.2) is 49.6 Å². The van der Waals surface area contributed by atoms with Crippen molar-refractivity contribution in [1.82, 2.24) is 44.1 Å². The number of carbonyl (C=O) groups is 2. The van der Waals surface area contributed by atoms with Crippen molar-refractivity contribution in [3.8, 4) is 11.8 Å². The van der Waals surface area contributed by atoms with E-state index in [9.17, 15) is 24.0 Å². The second kappa shape index (κ2) is 28.0. The van der Waals surface area contributed by atoms with Crippen molar-refractivity contribution in [1.29, 1.82) is 6.71 Å². The van der Waals surface area contributed by atoms with E-state index in [-0.39, 0.29) is 72.9 Å². The van der Waals surface area contributed by atoms with E-state index in [1.54, 1.807) is 75.2 Å². The van der Waals surface area contributed by atoms with Gasteiger partial charge in [-0.15, -0.1) is 12.4 Å². The molecule has 3 atom stereocenters. The Labute approximate surface area is 436 Å². The first-order valence-corrected chi connectivity index (χ1v) is 26.0. The minimum absolute atomic E-state index is 0. The number of esters is 2. The van der Waals surface area contributed by atoms with Crippen molar-refractivity contribution in [2.75, 3.05) is 24.2 Å². The summed E-state index contributed by atoms with van der Waals surface area (Å²) < 4.78 is 69.0. The maximum absolute atomic E-state index is 14.1. The zero-order chi connectivity index (χ0) is 52.6. The van der Waals surface area contributed by atoms with Gasteiger partial charge in [-0.25, -0.2) is 35.0 Å². The number of nitriles is 1. The summed E-state index contributed by atoms with van der Waals surface area (Å²) in [6, 6.07) is 8.33. The number of hydrogen-bond donors (Lipinski definition) is 6. The van der Waals surface area contributed by atoms with E-state index < -0.39 is 50.7 Å². The molecule has 1 unspecified atom stereocenters. The Balaban J connectivity index is 0.000000432. The van der Waals surface area contributed by atoms with Crippen molar-refractivity contribution in [2.24, 2.45) is 5.73 Å². The van der Waals surface area contributed by atoms with Crippen LogP contribution in [0.5, 0.6) is 5.75 Å². The minimum atomic E-state index is -4.16. The number of imidazole rings is 2. The Morgan fingerprint density at radius 1 is 0.833 bits per heavy atom. The smallest absolute Gasteiger partial charge is 0.350 e. The van der Waals surface area contributed by atoms with Gasteiger partial charge >= 0.3 is 27.1 Å². The van der Waals surface area contributed by atoms with Gasteiger partial charge in [0.25, 0.3) is 1.45 Å². The largest absolute Gasteiger partial charge is 0.461 e. The van der Waals surface area contributed by atoms with Gasteiger partial charge in [-0.3, -0.25) is 23.4 Å². The zero-order valence-electron chi connectivity index (χ0n) is 41.9. The molecule has 7 rings (SSSR count). The molecule has 2 aliphatic carbocycles. The molecule has 2 aliphatic rings. The van der Waals surface area contributed by atoms with Gasteiger partial charge in [0.05, 0.1) is 49.6 Å². The molecule has 397 valence electrons. The minimum Gasteiger partial charge on any atom is -0.461 e. The third-order valence-electron chi connectivity index (χ3n) is 10.7. The van der Waals surface area contributed by atoms with Crippen LogP contribution in [0.1, 0.15) is 98.5 Å². The van der Waals surface area contributed by atoms with E-state index in [1.807, 2.05) is 6.07 Å². The molecule has 1 aromatic carbocycles. The number of anilines is 2. The molecule has 29 heteroatoms. The van der Waals surface area contributed by atoms with Crippen LogP contribution < -0.4 is 26.8 Å². The molecule has 4 heterocycles. The van der Waals surface area contributed by atoms with Gasteiger partial charge in [0.1, 0.15) is 65.4 Å². The van der Waals surface area contributed by atoms with E-state index in [0.717, 1.165) is 38.5 Å². The monoisotopic (exact) mass is 1110 g/mol. The average Bonchev–Trinajstić information content (AvgIpc) is 4.16. The first kappa shape index (κ1) is 61.5. The van der Waals surface area contributed by atoms with Crippen LogP contribution in [0.4, 0.5) is 16.4 Å². The fourth-order valence-electron chi connectivity index (χ4n) is 7.13. The number of aromatic nitrogens is 8. The Morgan fingerprint density at radius 3 is 1.74 bits per heavy atom. The SMILES string of the molecule is CC(C)(N)C(=O)OC1CCCC1.C[C@H](Cn1cnc2c(N)ncnc21)OCP(=O)(NC(C)(C)C(=O)OC1CCCC1)Oc1cccc(C#N)c1.C[C@H](Cn1cnc2c(N)ncnc21)OCP(=O)(O)O.Cl.[3H]F.[V]. The van der Waals surface area contributed by atoms with Crippen LogP contribution in [-0.2, 0) is 69.3 Å². The van der Waals surface area contributed by atoms with E-state index in [0.29, 0.717) is 41.0 Å². The first-order chi connectivity index (χ1) is 33.4. The number of nitrogen functional groups attached to an aromatic ring is 2. The Hall–Kier alpha value is -4.83. The van der Waals surface area contributed by atoms with Crippen molar-refractivity contribution in [3.63, 3.8) is 0 Å². The maximum Gasteiger partial charge on any atom is 0.350 e. The number of ether oxygens (including phenoxy) is 4. The molecule has 1 radical (unpaired) electrons. The predicted molar refractivity (Wildman–Crippen MR) is 264 cm³/mol. The average molecular weight is 1110 g/mol. The van der Waals surface area contributed by atoms with E-state index >= 15 is 0 Å². The number of halogens is 2. The molecule has 72 heavy (non-hydrogen) atoms. The topological polar surface area (TPSA) is 356 Å². The molecule has 5 aromatic rings. The molecule has 2 saturated carbocycles. The number of fused-ring (bicyclic) bond motifs is 2. The summed E-state index contributed by atoms with van der Waals surface area (Å²) in [5, 5.41) is 12.1. The molecule has 0 saturated heterocycles. The van der Waals surface area contributed by atoms with Crippen molar-refractivity contribution < 1.29 is 75.3 Å². The fraction of sp³-hybridized carbons (Fsp3) is 0.558. The van der Waals surface area contributed by atoms with Gasteiger partial charge in [-0.2, -0.15) is 5.26 Å². The van der Waals surface area contributed by atoms with Crippen LogP contribution in [0.2, 0.25) is 0 Å². The van der Waals surface area contributed by atoms with E-state index in [2.05, 4.69) is 36.4 Å². The quantitative estimate of drug-likeness (QED) is 0.0466. The van der Waals surface area contributed by atoms with Crippen LogP contribution in [0.3, 0.4) is 0 Å². The maximum atomic E-state index is 14.1. The number of nitrogens with zero attached hydrogens (tertiary/aromatic N) is 9. The van der Waals surface area contributed by atoms with Crippen LogP contribution >= 0.6 is 27.5 Å². The number of benzene rings is 1. The molecule has 0 aliphatic heterocycles. The summed E-state index contributed by atoms with van der Waals surface area (Å²) in [6.07, 6.45) is 12.0. The fourth-order valence-corrected chi connectivity index (χ4v) is 9.59. The molecule has 9 N–H and O–H groups in total. The van der Waals surface area contributed by atoms with Crippen molar-refractivity contribution in [2.45, 2.75) is 141 Å². The van der Waals surface area contributed by atoms with Gasteiger partial charge < -0.3 is 59.6 Å². The molecule has 2 fully saturated rings. The standard InChI is InChI=1S/C25H32N7O5P.C9H14N5O4P.C9H17NO2.ClH.FH.V/c1-17(13-32-15-30-21-22(27)28-14-29-23(21)32)35-16-38(34,37-20-10-6-7-18(11-20)12-26)31-25(2,3)24(33)36-19-8-4-5-9-19;1-6(18-5-19(15,16)17)2-14-4-13-7-8(10)11-3-12-9(7)14;1-9(2,10)8(11)12-7-5-3-4-6-7;;;/h6-7,10-11,14-15,17,19H,4-5,8-9,13,16H2,1-3H3,(H,31,34)(H2,27,28,29);3-4,6H,2,5H2,1H3,(H2,10,11,12)(H2,15,16,17);7H,3-6,10H2,1-2H3;2*1H;/t17-,38?;6-;;;;/m11..../s1/i/hT. The van der Waals surface area contributed by atoms with E-state index in [1.165, 1.54) is 37.9 Å². The van der Waals surface area contributed by atoms with E-state index in [4.69, 9.17) is 55.2 Å². The van der Waals surface area contributed by atoms with Gasteiger partial charge in [-0.1, -0.05) is 6.07 Å². The number of nitrogens with two attached hydrogens (primary N) is 3. The number of rotatable bonds is 18. The second-order valence-corrected chi connectivity index (χ2v) is 21.6. The van der Waals surface area contributed by atoms with Crippen molar-refractivity contribution >= 4 is 73.4 Å². The molecule has 4 aromatic heterocycles. The summed E-state index contributed by atoms with van der Waals surface area (Å²) >= 11 is 0. The van der Waals surface area contributed by atoms with Crippen LogP contribution in [-0.4, -0.2) is 110 Å². The van der Waals surface area contributed by atoms with Crippen LogP contribution in [0.25, 0.3) is 22.3 Å². The zero-order valence-corrected chi connectivity index (χ0v) is 44.9. The molecule has 0 amide bonds. The van der Waals surface area contributed by atoms with Gasteiger partial charge in [0, 0.05) is 18.6 Å².